The summed E-state index contributed by atoms with van der Waals surface area (Å²) in [5.74, 6) is 3.34. The van der Waals surface area contributed by atoms with Crippen LogP contribution < -0.4 is 15.4 Å². The first-order chi connectivity index (χ1) is 14.4. The quantitative estimate of drug-likeness (QED) is 0.176. The number of benzene rings is 1. The first-order valence-corrected chi connectivity index (χ1v) is 10.6. The summed E-state index contributed by atoms with van der Waals surface area (Å²) in [6.07, 6.45) is 1.64. The van der Waals surface area contributed by atoms with Crippen LogP contribution in [0.5, 0.6) is 5.75 Å². The zero-order valence-electron chi connectivity index (χ0n) is 19.2. The van der Waals surface area contributed by atoms with E-state index in [2.05, 4.69) is 39.6 Å². The molecule has 0 aliphatic carbocycles. The van der Waals surface area contributed by atoms with Crippen molar-refractivity contribution < 1.29 is 14.0 Å². The second-order valence-corrected chi connectivity index (χ2v) is 7.78. The van der Waals surface area contributed by atoms with E-state index >= 15 is 0 Å². The standard InChI is InChI=1S/C22H35N5O3.HI/c1-16(2)15-28-14-6-12-23-22(24-13-11-21-25-18(5)27-30-21)26-19-7-9-20(10-8-19)29-17(3)4;/h7-10,16-17H,6,11-15H2,1-5H3,(H2,23,24,26);1H. The Morgan fingerprint density at radius 1 is 1.16 bits per heavy atom. The van der Waals surface area contributed by atoms with Crippen molar-refractivity contribution in [3.05, 3.63) is 36.0 Å². The largest absolute Gasteiger partial charge is 0.491 e. The van der Waals surface area contributed by atoms with Crippen LogP contribution in [0.15, 0.2) is 33.8 Å². The Hall–Kier alpha value is -1.88. The lowest BCUT2D eigenvalue weighted by Crippen LogP contribution is -2.32. The van der Waals surface area contributed by atoms with Crippen LogP contribution in [0.25, 0.3) is 0 Å². The molecule has 0 spiro atoms. The number of rotatable bonds is 12. The lowest BCUT2D eigenvalue weighted by Gasteiger charge is -2.14. The number of ether oxygens (including phenoxy) is 2. The Morgan fingerprint density at radius 3 is 2.52 bits per heavy atom. The third-order valence-corrected chi connectivity index (χ3v) is 3.86. The SMILES string of the molecule is Cc1noc(CCNC(=NCCCOCC(C)C)Nc2ccc(OC(C)C)cc2)n1.I. The van der Waals surface area contributed by atoms with Gasteiger partial charge in [0, 0.05) is 38.4 Å². The van der Waals surface area contributed by atoms with E-state index in [9.17, 15) is 0 Å². The minimum Gasteiger partial charge on any atom is -0.491 e. The zero-order chi connectivity index (χ0) is 21.8. The minimum atomic E-state index is 0. The maximum Gasteiger partial charge on any atom is 0.228 e. The molecular weight excluding hydrogens is 509 g/mol. The second-order valence-electron chi connectivity index (χ2n) is 7.78. The molecule has 0 amide bonds. The molecule has 1 aromatic carbocycles. The van der Waals surface area contributed by atoms with Gasteiger partial charge in [-0.1, -0.05) is 19.0 Å². The summed E-state index contributed by atoms with van der Waals surface area (Å²) in [6, 6.07) is 7.84. The Labute approximate surface area is 202 Å². The molecule has 2 rings (SSSR count). The van der Waals surface area contributed by atoms with Gasteiger partial charge in [0.05, 0.1) is 6.10 Å². The van der Waals surface area contributed by atoms with Gasteiger partial charge >= 0.3 is 0 Å². The van der Waals surface area contributed by atoms with Crippen molar-refractivity contribution in [2.24, 2.45) is 10.9 Å². The number of hydrogen-bond donors (Lipinski definition) is 2. The molecule has 0 aliphatic heterocycles. The van der Waals surface area contributed by atoms with Crippen LogP contribution in [0.3, 0.4) is 0 Å². The number of nitrogens with zero attached hydrogens (tertiary/aromatic N) is 3. The smallest absolute Gasteiger partial charge is 0.228 e. The van der Waals surface area contributed by atoms with E-state index in [1.54, 1.807) is 0 Å². The van der Waals surface area contributed by atoms with Crippen LogP contribution in [0.4, 0.5) is 5.69 Å². The maximum atomic E-state index is 5.70. The highest BCUT2D eigenvalue weighted by Crippen LogP contribution is 2.16. The highest BCUT2D eigenvalue weighted by molar-refractivity contribution is 14.0. The number of guanidine groups is 1. The van der Waals surface area contributed by atoms with E-state index in [-0.39, 0.29) is 30.1 Å². The predicted molar refractivity (Wildman–Crippen MR) is 135 cm³/mol. The van der Waals surface area contributed by atoms with Crippen molar-refractivity contribution in [3.8, 4) is 5.75 Å². The molecule has 1 heterocycles. The Balaban J connectivity index is 0.00000480. The maximum absolute atomic E-state index is 5.70. The van der Waals surface area contributed by atoms with Crippen LogP contribution >= 0.6 is 24.0 Å². The molecule has 174 valence electrons. The Kier molecular flexibility index (Phi) is 13.1. The monoisotopic (exact) mass is 545 g/mol. The molecule has 2 aromatic rings. The van der Waals surface area contributed by atoms with Gasteiger partial charge in [-0.25, -0.2) is 0 Å². The fourth-order valence-corrected chi connectivity index (χ4v) is 2.57. The number of aliphatic imine (C=N–C) groups is 1. The van der Waals surface area contributed by atoms with Crippen molar-refractivity contribution in [3.63, 3.8) is 0 Å². The Bertz CT molecular complexity index is 763. The first kappa shape index (κ1) is 27.2. The molecule has 8 nitrogen and oxygen atoms in total. The van der Waals surface area contributed by atoms with Gasteiger partial charge in [0.15, 0.2) is 11.8 Å². The van der Waals surface area contributed by atoms with Crippen molar-refractivity contribution in [1.82, 2.24) is 15.5 Å². The highest BCUT2D eigenvalue weighted by atomic mass is 127. The van der Waals surface area contributed by atoms with Gasteiger partial charge in [-0.2, -0.15) is 4.98 Å². The van der Waals surface area contributed by atoms with Gasteiger partial charge in [0.25, 0.3) is 0 Å². The lowest BCUT2D eigenvalue weighted by atomic mass is 10.2. The zero-order valence-corrected chi connectivity index (χ0v) is 21.5. The van der Waals surface area contributed by atoms with Crippen LogP contribution in [0.2, 0.25) is 0 Å². The number of aromatic nitrogens is 2. The van der Waals surface area contributed by atoms with Crippen LogP contribution in [-0.2, 0) is 11.2 Å². The van der Waals surface area contributed by atoms with Gasteiger partial charge in [0.2, 0.25) is 5.89 Å². The Morgan fingerprint density at radius 2 is 1.90 bits per heavy atom. The molecule has 31 heavy (non-hydrogen) atoms. The van der Waals surface area contributed by atoms with E-state index in [4.69, 9.17) is 14.0 Å². The molecule has 1 aromatic heterocycles. The van der Waals surface area contributed by atoms with E-state index in [0.29, 0.717) is 49.7 Å². The van der Waals surface area contributed by atoms with Crippen LogP contribution in [0, 0.1) is 12.8 Å². The third-order valence-electron chi connectivity index (χ3n) is 3.86. The third kappa shape index (κ3) is 11.9. The van der Waals surface area contributed by atoms with Gasteiger partial charge in [-0.3, -0.25) is 4.99 Å². The molecule has 2 N–H and O–H groups in total. The topological polar surface area (TPSA) is 93.8 Å². The molecule has 9 heteroatoms. The molecule has 0 fully saturated rings. The van der Waals surface area contributed by atoms with Gasteiger partial charge < -0.3 is 24.6 Å². The average molecular weight is 545 g/mol. The molecular formula is C22H36IN5O3. The number of aryl methyl sites for hydroxylation is 1. The summed E-state index contributed by atoms with van der Waals surface area (Å²) in [5, 5.41) is 10.5. The number of halogens is 1. The van der Waals surface area contributed by atoms with E-state index in [1.807, 2.05) is 45.0 Å². The molecule has 0 saturated carbocycles. The first-order valence-electron chi connectivity index (χ1n) is 10.6. The second kappa shape index (κ2) is 15.0. The molecule has 0 unspecified atom stereocenters. The average Bonchev–Trinajstić information content (AvgIpc) is 3.10. The summed E-state index contributed by atoms with van der Waals surface area (Å²) in [6.45, 7) is 12.9. The fourth-order valence-electron chi connectivity index (χ4n) is 2.57. The summed E-state index contributed by atoms with van der Waals surface area (Å²) >= 11 is 0. The van der Waals surface area contributed by atoms with Gasteiger partial charge in [-0.05, 0) is 57.4 Å². The van der Waals surface area contributed by atoms with E-state index in [0.717, 1.165) is 24.5 Å². The molecule has 0 saturated heterocycles. The minimum absolute atomic E-state index is 0. The fraction of sp³-hybridized carbons (Fsp3) is 0.591. The van der Waals surface area contributed by atoms with Crippen LogP contribution in [0.1, 0.15) is 45.8 Å². The number of nitrogens with one attached hydrogen (secondary N) is 2. The molecule has 0 atom stereocenters. The van der Waals surface area contributed by atoms with Crippen molar-refractivity contribution in [2.75, 3.05) is 31.6 Å². The van der Waals surface area contributed by atoms with Gasteiger partial charge in [0.1, 0.15) is 5.75 Å². The highest BCUT2D eigenvalue weighted by Gasteiger charge is 2.05. The normalized spacial score (nSPS) is 11.5. The predicted octanol–water partition coefficient (Wildman–Crippen LogP) is 4.45. The molecule has 0 radical (unpaired) electrons. The summed E-state index contributed by atoms with van der Waals surface area (Å²) in [7, 11) is 0. The van der Waals surface area contributed by atoms with Gasteiger partial charge in [-0.15, -0.1) is 24.0 Å². The van der Waals surface area contributed by atoms with Crippen molar-refractivity contribution >= 4 is 35.6 Å². The number of anilines is 1. The summed E-state index contributed by atoms with van der Waals surface area (Å²) in [4.78, 5) is 8.89. The number of hydrogen-bond acceptors (Lipinski definition) is 6. The van der Waals surface area contributed by atoms with Crippen LogP contribution in [-0.4, -0.2) is 48.5 Å². The lowest BCUT2D eigenvalue weighted by molar-refractivity contribution is 0.109. The molecule has 0 bridgehead atoms. The van der Waals surface area contributed by atoms with Crippen molar-refractivity contribution in [2.45, 2.75) is 53.6 Å². The van der Waals surface area contributed by atoms with Crippen molar-refractivity contribution in [1.29, 1.82) is 0 Å². The summed E-state index contributed by atoms with van der Waals surface area (Å²) in [5.41, 5.74) is 0.932. The van der Waals surface area contributed by atoms with E-state index in [1.165, 1.54) is 0 Å². The summed E-state index contributed by atoms with van der Waals surface area (Å²) < 4.78 is 16.5. The molecule has 0 aliphatic rings. The van der Waals surface area contributed by atoms with E-state index < -0.39 is 0 Å².